The summed E-state index contributed by atoms with van der Waals surface area (Å²) in [6.07, 6.45) is -4.50. The summed E-state index contributed by atoms with van der Waals surface area (Å²) in [5, 5.41) is 2.50. The molecule has 4 nitrogen and oxygen atoms in total. The third kappa shape index (κ3) is 7.44. The van der Waals surface area contributed by atoms with E-state index in [-0.39, 0.29) is 41.1 Å². The van der Waals surface area contributed by atoms with Gasteiger partial charge in [-0.15, -0.1) is 11.8 Å². The van der Waals surface area contributed by atoms with Gasteiger partial charge in [0.2, 0.25) is 5.91 Å². The van der Waals surface area contributed by atoms with Crippen molar-refractivity contribution in [2.75, 3.05) is 31.4 Å². The van der Waals surface area contributed by atoms with Crippen molar-refractivity contribution in [2.45, 2.75) is 31.7 Å². The van der Waals surface area contributed by atoms with Gasteiger partial charge in [0.1, 0.15) is 12.4 Å². The summed E-state index contributed by atoms with van der Waals surface area (Å²) >= 11 is 1.40. The van der Waals surface area contributed by atoms with Crippen LogP contribution in [0.3, 0.4) is 0 Å². The van der Waals surface area contributed by atoms with Crippen LogP contribution >= 0.6 is 11.8 Å². The van der Waals surface area contributed by atoms with E-state index in [4.69, 9.17) is 9.47 Å². The van der Waals surface area contributed by atoms with Crippen LogP contribution in [0.4, 0.5) is 18.9 Å². The predicted molar refractivity (Wildman–Crippen MR) is 89.7 cm³/mol. The molecule has 0 spiro atoms. The van der Waals surface area contributed by atoms with Gasteiger partial charge >= 0.3 is 6.18 Å². The normalized spacial score (nSPS) is 12.1. The maximum Gasteiger partial charge on any atom is 0.416 e. The second-order valence-electron chi connectivity index (χ2n) is 6.00. The zero-order valence-corrected chi connectivity index (χ0v) is 14.9. The molecule has 0 aliphatic heterocycles. The molecule has 8 heteroatoms. The van der Waals surface area contributed by atoms with Crippen molar-refractivity contribution in [1.29, 1.82) is 0 Å². The largest absolute Gasteiger partial charge is 0.489 e. The molecule has 0 radical (unpaired) electrons. The lowest BCUT2D eigenvalue weighted by atomic mass is 10.1. The molecule has 1 N–H and O–H groups in total. The summed E-state index contributed by atoms with van der Waals surface area (Å²) in [4.78, 5) is 12.0. The van der Waals surface area contributed by atoms with E-state index in [2.05, 4.69) is 5.32 Å². The minimum absolute atomic E-state index is 0.000405. The maximum atomic E-state index is 12.9. The minimum Gasteiger partial charge on any atom is -0.489 e. The number of hydrogen-bond donors (Lipinski definition) is 1. The van der Waals surface area contributed by atoms with Crippen LogP contribution in [0.1, 0.15) is 26.3 Å². The standard InChI is InChI=1S/C16H22F3NO3S/c1-15(2,3)24-10-14(21)20-12-9-11(16(17,18)19)5-6-13(12)23-8-7-22-4/h5-6,9H,7-8,10H2,1-4H3,(H,20,21). The number of halogens is 3. The second kappa shape index (κ2) is 8.62. The molecule has 0 saturated heterocycles. The lowest BCUT2D eigenvalue weighted by Gasteiger charge is -2.18. The van der Waals surface area contributed by atoms with Gasteiger partial charge in [-0.05, 0) is 18.2 Å². The molecule has 0 saturated carbocycles. The molecule has 136 valence electrons. The number of rotatable bonds is 7. The number of amides is 1. The van der Waals surface area contributed by atoms with Gasteiger partial charge in [-0.2, -0.15) is 13.2 Å². The highest BCUT2D eigenvalue weighted by molar-refractivity contribution is 8.01. The fraction of sp³-hybridized carbons (Fsp3) is 0.562. The van der Waals surface area contributed by atoms with E-state index >= 15 is 0 Å². The Bertz CT molecular complexity index is 556. The topological polar surface area (TPSA) is 47.6 Å². The zero-order chi connectivity index (χ0) is 18.4. The van der Waals surface area contributed by atoms with Crippen LogP contribution in [0.25, 0.3) is 0 Å². The average molecular weight is 365 g/mol. The summed E-state index contributed by atoms with van der Waals surface area (Å²) in [5.74, 6) is -0.0722. The first-order valence-electron chi connectivity index (χ1n) is 7.30. The maximum absolute atomic E-state index is 12.9. The molecule has 0 heterocycles. The van der Waals surface area contributed by atoms with Gasteiger partial charge in [0.15, 0.2) is 0 Å². The van der Waals surface area contributed by atoms with Crippen LogP contribution in [0.2, 0.25) is 0 Å². The molecule has 1 amide bonds. The molecule has 1 aromatic carbocycles. The van der Waals surface area contributed by atoms with Crippen LogP contribution in [0, 0.1) is 0 Å². The minimum atomic E-state index is -4.50. The van der Waals surface area contributed by atoms with Crippen LogP contribution in [0.5, 0.6) is 5.75 Å². The highest BCUT2D eigenvalue weighted by Crippen LogP contribution is 2.35. The molecule has 0 atom stereocenters. The molecule has 0 unspecified atom stereocenters. The first-order valence-corrected chi connectivity index (χ1v) is 8.28. The number of methoxy groups -OCH3 is 1. The van der Waals surface area contributed by atoms with Crippen LogP contribution in [-0.4, -0.2) is 36.7 Å². The van der Waals surface area contributed by atoms with Gasteiger partial charge in [0, 0.05) is 11.9 Å². The smallest absolute Gasteiger partial charge is 0.416 e. The zero-order valence-electron chi connectivity index (χ0n) is 14.1. The Morgan fingerprint density at radius 2 is 1.88 bits per heavy atom. The van der Waals surface area contributed by atoms with Crippen molar-refractivity contribution in [3.05, 3.63) is 23.8 Å². The van der Waals surface area contributed by atoms with E-state index in [1.165, 1.54) is 24.9 Å². The van der Waals surface area contributed by atoms with Crippen molar-refractivity contribution in [2.24, 2.45) is 0 Å². The van der Waals surface area contributed by atoms with E-state index in [0.29, 0.717) is 0 Å². The fourth-order valence-corrected chi connectivity index (χ4v) is 2.27. The number of hydrogen-bond acceptors (Lipinski definition) is 4. The molecule has 0 aliphatic rings. The molecule has 1 rings (SSSR count). The highest BCUT2D eigenvalue weighted by atomic mass is 32.2. The number of anilines is 1. The number of thioether (sulfide) groups is 1. The van der Waals surface area contributed by atoms with Crippen LogP contribution in [0.15, 0.2) is 18.2 Å². The Labute approximate surface area is 144 Å². The highest BCUT2D eigenvalue weighted by Gasteiger charge is 2.31. The second-order valence-corrected chi connectivity index (χ2v) is 7.80. The van der Waals surface area contributed by atoms with E-state index in [0.717, 1.165) is 12.1 Å². The van der Waals surface area contributed by atoms with Crippen molar-refractivity contribution in [3.63, 3.8) is 0 Å². The Hall–Kier alpha value is -1.41. The summed E-state index contributed by atoms with van der Waals surface area (Å²) in [6.45, 7) is 6.31. The number of alkyl halides is 3. The van der Waals surface area contributed by atoms with Gasteiger partial charge in [-0.1, -0.05) is 20.8 Å². The molecule has 24 heavy (non-hydrogen) atoms. The summed E-state index contributed by atoms with van der Waals surface area (Å²) in [5.41, 5.74) is -0.846. The Balaban J connectivity index is 2.91. The van der Waals surface area contributed by atoms with Crippen molar-refractivity contribution < 1.29 is 27.4 Å². The van der Waals surface area contributed by atoms with E-state index < -0.39 is 11.7 Å². The van der Waals surface area contributed by atoms with Crippen molar-refractivity contribution in [1.82, 2.24) is 0 Å². The number of benzene rings is 1. The molecular weight excluding hydrogens is 343 g/mol. The molecule has 0 fully saturated rings. The molecule has 0 bridgehead atoms. The first kappa shape index (κ1) is 20.6. The predicted octanol–water partition coefficient (Wildman–Crippen LogP) is 4.20. The Morgan fingerprint density at radius 1 is 1.21 bits per heavy atom. The van der Waals surface area contributed by atoms with E-state index in [1.54, 1.807) is 0 Å². The van der Waals surface area contributed by atoms with Crippen molar-refractivity contribution >= 4 is 23.4 Å². The van der Waals surface area contributed by atoms with Gasteiger partial charge in [-0.3, -0.25) is 4.79 Å². The van der Waals surface area contributed by atoms with Crippen LogP contribution in [-0.2, 0) is 15.7 Å². The Morgan fingerprint density at radius 3 is 2.42 bits per heavy atom. The molecule has 0 aromatic heterocycles. The third-order valence-corrected chi connectivity index (χ3v) is 4.03. The van der Waals surface area contributed by atoms with Crippen molar-refractivity contribution in [3.8, 4) is 5.75 Å². The molecule has 1 aromatic rings. The van der Waals surface area contributed by atoms with Gasteiger partial charge < -0.3 is 14.8 Å². The average Bonchev–Trinajstić information content (AvgIpc) is 2.45. The van der Waals surface area contributed by atoms with Gasteiger partial charge in [0.25, 0.3) is 0 Å². The lowest BCUT2D eigenvalue weighted by Crippen LogP contribution is -2.20. The SMILES string of the molecule is COCCOc1ccc(C(F)(F)F)cc1NC(=O)CSC(C)(C)C. The third-order valence-electron chi connectivity index (χ3n) is 2.76. The molecular formula is C16H22F3NO3S. The quantitative estimate of drug-likeness (QED) is 0.736. The van der Waals surface area contributed by atoms with E-state index in [9.17, 15) is 18.0 Å². The number of nitrogens with one attached hydrogen (secondary N) is 1. The summed E-state index contributed by atoms with van der Waals surface area (Å²) in [6, 6.07) is 2.99. The summed E-state index contributed by atoms with van der Waals surface area (Å²) in [7, 11) is 1.49. The summed E-state index contributed by atoms with van der Waals surface area (Å²) < 4.78 is 48.7. The number of carbonyl (C=O) groups excluding carboxylic acids is 1. The van der Waals surface area contributed by atoms with Crippen LogP contribution < -0.4 is 10.1 Å². The van der Waals surface area contributed by atoms with Gasteiger partial charge in [0.05, 0.1) is 23.6 Å². The molecule has 0 aliphatic carbocycles. The van der Waals surface area contributed by atoms with Gasteiger partial charge in [-0.25, -0.2) is 0 Å². The number of ether oxygens (including phenoxy) is 2. The monoisotopic (exact) mass is 365 g/mol. The fourth-order valence-electron chi connectivity index (χ4n) is 1.63. The van der Waals surface area contributed by atoms with E-state index in [1.807, 2.05) is 20.8 Å². The number of carbonyl (C=O) groups is 1. The first-order chi connectivity index (χ1) is 11.0. The lowest BCUT2D eigenvalue weighted by molar-refractivity contribution is -0.137. The Kier molecular flexibility index (Phi) is 7.41.